The minimum Gasteiger partial charge on any atom is -0.457 e. The summed E-state index contributed by atoms with van der Waals surface area (Å²) in [6, 6.07) is 31.4. The smallest absolute Gasteiger partial charge is 0.257 e. The van der Waals surface area contributed by atoms with E-state index >= 15 is 0 Å². The maximum atomic E-state index is 12.9. The molecular weight excluding hydrogens is 500 g/mol. The molecule has 5 aromatic rings. The van der Waals surface area contributed by atoms with E-state index in [-0.39, 0.29) is 12.0 Å². The SMILES string of the molecule is Cn1cc(C(=O)Nc2ccc(Oc3ccc(Nc4ccc(N5CCC(O)CC5)cc4)cc3)cc2)c2ccccc21. The summed E-state index contributed by atoms with van der Waals surface area (Å²) in [5, 5.41) is 17.1. The summed E-state index contributed by atoms with van der Waals surface area (Å²) in [5.74, 6) is 1.26. The van der Waals surface area contributed by atoms with Crippen LogP contribution < -0.4 is 20.3 Å². The number of aliphatic hydroxyl groups excluding tert-OH is 1. The fraction of sp³-hybridized carbons (Fsp3) is 0.182. The van der Waals surface area contributed by atoms with E-state index in [0.29, 0.717) is 17.0 Å². The topological polar surface area (TPSA) is 78.8 Å². The first-order chi connectivity index (χ1) is 19.5. The lowest BCUT2D eigenvalue weighted by atomic mass is 10.1. The number of benzene rings is 4. The first-order valence-corrected chi connectivity index (χ1v) is 13.6. The van der Waals surface area contributed by atoms with Crippen LogP contribution in [0.25, 0.3) is 10.9 Å². The van der Waals surface area contributed by atoms with Crippen molar-refractivity contribution in [1.82, 2.24) is 4.57 Å². The van der Waals surface area contributed by atoms with E-state index in [4.69, 9.17) is 4.74 Å². The second-order valence-electron chi connectivity index (χ2n) is 10.2. The number of para-hydroxylation sites is 1. The molecule has 0 atom stereocenters. The maximum Gasteiger partial charge on any atom is 0.257 e. The molecule has 4 aromatic carbocycles. The van der Waals surface area contributed by atoms with E-state index in [1.54, 1.807) is 0 Å². The summed E-state index contributed by atoms with van der Waals surface area (Å²) in [4.78, 5) is 15.2. The van der Waals surface area contributed by atoms with Crippen LogP contribution >= 0.6 is 0 Å². The highest BCUT2D eigenvalue weighted by molar-refractivity contribution is 6.13. The molecule has 7 nitrogen and oxygen atoms in total. The van der Waals surface area contributed by atoms with E-state index < -0.39 is 0 Å². The number of aromatic nitrogens is 1. The molecule has 202 valence electrons. The van der Waals surface area contributed by atoms with Gasteiger partial charge in [0.05, 0.1) is 11.7 Å². The van der Waals surface area contributed by atoms with Gasteiger partial charge < -0.3 is 29.9 Å². The van der Waals surface area contributed by atoms with Crippen LogP contribution in [0.3, 0.4) is 0 Å². The van der Waals surface area contributed by atoms with Gasteiger partial charge in [-0.15, -0.1) is 0 Å². The molecule has 1 aromatic heterocycles. The molecule has 0 spiro atoms. The number of hydrogen-bond acceptors (Lipinski definition) is 5. The molecule has 3 N–H and O–H groups in total. The van der Waals surface area contributed by atoms with Crippen LogP contribution in [0, 0.1) is 0 Å². The lowest BCUT2D eigenvalue weighted by molar-refractivity contribution is 0.102. The molecule has 2 heterocycles. The van der Waals surface area contributed by atoms with Crippen LogP contribution in [0.2, 0.25) is 0 Å². The van der Waals surface area contributed by atoms with Gasteiger partial charge >= 0.3 is 0 Å². The Morgan fingerprint density at radius 3 is 2.02 bits per heavy atom. The molecule has 1 aliphatic heterocycles. The second kappa shape index (κ2) is 11.2. The first-order valence-electron chi connectivity index (χ1n) is 13.6. The number of nitrogens with one attached hydrogen (secondary N) is 2. The molecule has 0 unspecified atom stereocenters. The van der Waals surface area contributed by atoms with Crippen molar-refractivity contribution in [2.24, 2.45) is 7.05 Å². The minimum absolute atomic E-state index is 0.144. The minimum atomic E-state index is -0.169. The maximum absolute atomic E-state index is 12.9. The fourth-order valence-electron chi connectivity index (χ4n) is 5.12. The van der Waals surface area contributed by atoms with Gasteiger partial charge in [-0.1, -0.05) is 18.2 Å². The van der Waals surface area contributed by atoms with Gasteiger partial charge in [-0.3, -0.25) is 4.79 Å². The molecule has 1 aliphatic rings. The lowest BCUT2D eigenvalue weighted by Crippen LogP contribution is -2.35. The van der Waals surface area contributed by atoms with Gasteiger partial charge in [-0.05, 0) is 91.7 Å². The quantitative estimate of drug-likeness (QED) is 0.212. The summed E-state index contributed by atoms with van der Waals surface area (Å²) in [5.41, 5.74) is 5.52. The predicted octanol–water partition coefficient (Wildman–Crippen LogP) is 6.93. The Kier molecular flexibility index (Phi) is 7.12. The van der Waals surface area contributed by atoms with Crippen LogP contribution in [0.15, 0.2) is 103 Å². The molecule has 0 radical (unpaired) electrons. The number of hydrogen-bond donors (Lipinski definition) is 3. The van der Waals surface area contributed by atoms with Crippen molar-refractivity contribution in [1.29, 1.82) is 0 Å². The van der Waals surface area contributed by atoms with Crippen LogP contribution in [0.1, 0.15) is 23.2 Å². The molecule has 1 amide bonds. The summed E-state index contributed by atoms with van der Waals surface area (Å²) in [6.07, 6.45) is 3.33. The van der Waals surface area contributed by atoms with Crippen LogP contribution in [-0.2, 0) is 7.05 Å². The number of ether oxygens (including phenoxy) is 1. The van der Waals surface area contributed by atoms with Gasteiger partial charge in [0.2, 0.25) is 0 Å². The number of aliphatic hydroxyl groups is 1. The number of amides is 1. The normalized spacial score (nSPS) is 13.8. The van der Waals surface area contributed by atoms with Crippen molar-refractivity contribution in [3.8, 4) is 11.5 Å². The molecular formula is C33H32N4O3. The summed E-state index contributed by atoms with van der Waals surface area (Å²) < 4.78 is 7.97. The Hall–Kier alpha value is -4.75. The number of aryl methyl sites for hydroxylation is 1. The molecule has 1 saturated heterocycles. The summed E-state index contributed by atoms with van der Waals surface area (Å²) in [7, 11) is 1.94. The standard InChI is InChI=1S/C33H32N4O3/c1-36-22-31(30-4-2-3-5-32(30)36)33(39)35-25-10-16-29(17-11-25)40-28-14-8-24(9-15-28)34-23-6-12-26(13-7-23)37-20-18-27(38)19-21-37/h2-17,22,27,34,38H,18-21H2,1H3,(H,35,39). The highest BCUT2D eigenvalue weighted by Gasteiger charge is 2.17. The number of carbonyl (C=O) groups is 1. The van der Waals surface area contributed by atoms with Crippen molar-refractivity contribution >= 4 is 39.6 Å². The molecule has 7 heteroatoms. The number of rotatable bonds is 7. The number of fused-ring (bicyclic) bond motifs is 1. The Labute approximate surface area is 233 Å². The molecule has 6 rings (SSSR count). The monoisotopic (exact) mass is 532 g/mol. The van der Waals surface area contributed by atoms with Crippen molar-refractivity contribution in [2.45, 2.75) is 18.9 Å². The third kappa shape index (κ3) is 5.65. The van der Waals surface area contributed by atoms with Gasteiger partial charge in [0.15, 0.2) is 0 Å². The Bertz CT molecular complexity index is 1600. The lowest BCUT2D eigenvalue weighted by Gasteiger charge is -2.31. The summed E-state index contributed by atoms with van der Waals surface area (Å²) in [6.45, 7) is 1.77. The summed E-state index contributed by atoms with van der Waals surface area (Å²) >= 11 is 0. The van der Waals surface area contributed by atoms with Gasteiger partial charge in [0, 0.05) is 60.0 Å². The predicted molar refractivity (Wildman–Crippen MR) is 161 cm³/mol. The fourth-order valence-corrected chi connectivity index (χ4v) is 5.12. The van der Waals surface area contributed by atoms with E-state index in [9.17, 15) is 9.90 Å². The van der Waals surface area contributed by atoms with Crippen molar-refractivity contribution in [3.63, 3.8) is 0 Å². The van der Waals surface area contributed by atoms with E-state index in [1.807, 2.05) is 90.6 Å². The highest BCUT2D eigenvalue weighted by Crippen LogP contribution is 2.28. The Morgan fingerprint density at radius 1 is 0.800 bits per heavy atom. The second-order valence-corrected chi connectivity index (χ2v) is 10.2. The highest BCUT2D eigenvalue weighted by atomic mass is 16.5. The van der Waals surface area contributed by atoms with E-state index in [2.05, 4.69) is 39.8 Å². The third-order valence-corrected chi connectivity index (χ3v) is 7.33. The zero-order valence-electron chi connectivity index (χ0n) is 22.4. The number of carbonyl (C=O) groups excluding carboxylic acids is 1. The number of piperidine rings is 1. The number of anilines is 4. The molecule has 0 bridgehead atoms. The van der Waals surface area contributed by atoms with Crippen molar-refractivity contribution in [3.05, 3.63) is 109 Å². The van der Waals surface area contributed by atoms with Crippen LogP contribution in [-0.4, -0.2) is 34.8 Å². The third-order valence-electron chi connectivity index (χ3n) is 7.33. The molecule has 1 fully saturated rings. The van der Waals surface area contributed by atoms with E-state index in [1.165, 1.54) is 5.69 Å². The van der Waals surface area contributed by atoms with Gasteiger partial charge in [0.1, 0.15) is 11.5 Å². The van der Waals surface area contributed by atoms with Crippen molar-refractivity contribution < 1.29 is 14.6 Å². The Balaban J connectivity index is 1.03. The van der Waals surface area contributed by atoms with Gasteiger partial charge in [-0.25, -0.2) is 0 Å². The van der Waals surface area contributed by atoms with Gasteiger partial charge in [0.25, 0.3) is 5.91 Å². The van der Waals surface area contributed by atoms with Crippen molar-refractivity contribution in [2.75, 3.05) is 28.6 Å². The zero-order chi connectivity index (χ0) is 27.5. The molecule has 0 saturated carbocycles. The molecule has 0 aliphatic carbocycles. The van der Waals surface area contributed by atoms with Gasteiger partial charge in [-0.2, -0.15) is 0 Å². The number of nitrogens with zero attached hydrogens (tertiary/aromatic N) is 2. The zero-order valence-corrected chi connectivity index (χ0v) is 22.4. The molecule has 40 heavy (non-hydrogen) atoms. The average Bonchev–Trinajstić information content (AvgIpc) is 3.33. The van der Waals surface area contributed by atoms with Crippen LogP contribution in [0.5, 0.6) is 11.5 Å². The average molecular weight is 533 g/mol. The Morgan fingerprint density at radius 2 is 1.38 bits per heavy atom. The largest absolute Gasteiger partial charge is 0.457 e. The first kappa shape index (κ1) is 25.5. The van der Waals surface area contributed by atoms with E-state index in [0.717, 1.165) is 54.0 Å². The van der Waals surface area contributed by atoms with Crippen LogP contribution in [0.4, 0.5) is 22.7 Å².